The molecule has 1 heteroatoms. The van der Waals surface area contributed by atoms with Crippen molar-refractivity contribution in [3.63, 3.8) is 0 Å². The maximum absolute atomic E-state index is 6.84. The molecule has 0 radical (unpaired) electrons. The highest BCUT2D eigenvalue weighted by Crippen LogP contribution is 2.49. The molecule has 1 heterocycles. The predicted molar refractivity (Wildman–Crippen MR) is 230 cm³/mol. The van der Waals surface area contributed by atoms with Gasteiger partial charge in [-0.05, 0) is 139 Å². The van der Waals surface area contributed by atoms with E-state index >= 15 is 0 Å². The number of fused-ring (bicyclic) bond motifs is 5. The molecule has 9 aromatic rings. The van der Waals surface area contributed by atoms with Crippen LogP contribution in [0.4, 0.5) is 0 Å². The Morgan fingerprint density at radius 1 is 0.182 bits per heavy atom. The average molecular weight is 701 g/mol. The molecule has 0 aliphatic carbocycles. The molecule has 0 atom stereocenters. The lowest BCUT2D eigenvalue weighted by molar-refractivity contribution is 0.488. The number of benzene rings is 9. The van der Waals surface area contributed by atoms with Gasteiger partial charge in [0, 0.05) is 11.1 Å². The van der Waals surface area contributed by atoms with Crippen molar-refractivity contribution in [1.29, 1.82) is 0 Å². The van der Waals surface area contributed by atoms with Gasteiger partial charge in [0.1, 0.15) is 11.5 Å². The average Bonchev–Trinajstić information content (AvgIpc) is 3.41. The molecule has 0 N–H and O–H groups in total. The van der Waals surface area contributed by atoms with Gasteiger partial charge in [-0.15, -0.1) is 0 Å². The molecule has 1 nitrogen and oxygen atoms in total. The lowest BCUT2D eigenvalue weighted by atomic mass is 9.89. The summed E-state index contributed by atoms with van der Waals surface area (Å²) in [6, 6.07) is 78.3. The van der Waals surface area contributed by atoms with Crippen LogP contribution in [0.5, 0.6) is 11.5 Å². The summed E-state index contributed by atoms with van der Waals surface area (Å²) in [6.07, 6.45) is 0. The summed E-state index contributed by atoms with van der Waals surface area (Å²) in [7, 11) is 0. The topological polar surface area (TPSA) is 9.23 Å². The zero-order valence-corrected chi connectivity index (χ0v) is 30.2. The van der Waals surface area contributed by atoms with Crippen LogP contribution >= 0.6 is 0 Å². The molecule has 0 fully saturated rings. The third-order valence-electron chi connectivity index (χ3n) is 10.6. The second-order valence-corrected chi connectivity index (χ2v) is 14.1. The quantitative estimate of drug-likeness (QED) is 0.168. The number of rotatable bonds is 6. The third-order valence-corrected chi connectivity index (χ3v) is 10.6. The Bertz CT molecular complexity index is 2490. The Morgan fingerprint density at radius 3 is 0.764 bits per heavy atom. The standard InChI is InChI=1S/C54H36O/c1-5-15-37(16-6-1)43-29-44(38-17-7-2-8-18-38)32-47(31-43)41-25-27-53-51(35-41)49-23-13-14-24-50(49)52-36-42(26-28-54(52)55-53)48-33-45(39-19-9-3-10-20-39)30-46(34-48)40-21-11-4-12-22-40/h1-36H. The minimum atomic E-state index is 0.850. The van der Waals surface area contributed by atoms with Gasteiger partial charge in [0.25, 0.3) is 0 Å². The molecule has 0 spiro atoms. The van der Waals surface area contributed by atoms with E-state index in [-0.39, 0.29) is 0 Å². The van der Waals surface area contributed by atoms with Crippen molar-refractivity contribution in [1.82, 2.24) is 0 Å². The van der Waals surface area contributed by atoms with Crippen molar-refractivity contribution in [2.75, 3.05) is 0 Å². The first-order valence-corrected chi connectivity index (χ1v) is 18.8. The second-order valence-electron chi connectivity index (χ2n) is 14.1. The highest BCUT2D eigenvalue weighted by atomic mass is 16.5. The molecule has 0 saturated heterocycles. The van der Waals surface area contributed by atoms with Crippen LogP contribution in [0.3, 0.4) is 0 Å². The molecular formula is C54H36O. The van der Waals surface area contributed by atoms with Gasteiger partial charge in [0.05, 0.1) is 0 Å². The monoisotopic (exact) mass is 700 g/mol. The van der Waals surface area contributed by atoms with E-state index in [9.17, 15) is 0 Å². The largest absolute Gasteiger partial charge is 0.456 e. The van der Waals surface area contributed by atoms with Crippen molar-refractivity contribution in [2.45, 2.75) is 0 Å². The van der Waals surface area contributed by atoms with Gasteiger partial charge in [0.2, 0.25) is 0 Å². The fraction of sp³-hybridized carbons (Fsp3) is 0. The summed E-state index contributed by atoms with van der Waals surface area (Å²) >= 11 is 0. The third kappa shape index (κ3) is 6.33. The molecule has 10 rings (SSSR count). The van der Waals surface area contributed by atoms with Crippen LogP contribution < -0.4 is 4.74 Å². The smallest absolute Gasteiger partial charge is 0.135 e. The lowest BCUT2D eigenvalue weighted by Gasteiger charge is -2.14. The van der Waals surface area contributed by atoms with Crippen LogP contribution in [-0.4, -0.2) is 0 Å². The summed E-state index contributed by atoms with van der Waals surface area (Å²) < 4.78 is 6.84. The second kappa shape index (κ2) is 14.0. The van der Waals surface area contributed by atoms with Crippen molar-refractivity contribution < 1.29 is 4.74 Å². The zero-order chi connectivity index (χ0) is 36.6. The van der Waals surface area contributed by atoms with Crippen molar-refractivity contribution in [2.24, 2.45) is 0 Å². The van der Waals surface area contributed by atoms with Crippen molar-refractivity contribution >= 4 is 0 Å². The molecule has 55 heavy (non-hydrogen) atoms. The van der Waals surface area contributed by atoms with Gasteiger partial charge in [-0.25, -0.2) is 0 Å². The van der Waals surface area contributed by atoms with E-state index in [1.54, 1.807) is 0 Å². The number of hydrogen-bond donors (Lipinski definition) is 0. The van der Waals surface area contributed by atoms with Crippen LogP contribution in [-0.2, 0) is 0 Å². The molecule has 1 aliphatic rings. The lowest BCUT2D eigenvalue weighted by Crippen LogP contribution is -1.90. The van der Waals surface area contributed by atoms with E-state index in [1.165, 1.54) is 44.5 Å². The van der Waals surface area contributed by atoms with Crippen molar-refractivity contribution in [3.05, 3.63) is 218 Å². The van der Waals surface area contributed by atoms with E-state index in [4.69, 9.17) is 4.74 Å². The number of ether oxygens (including phenoxy) is 1. The maximum Gasteiger partial charge on any atom is 0.135 e. The SMILES string of the molecule is c1ccc(-c2cc(-c3ccccc3)cc(-c3ccc4c(c3)-c3ccccc3-c3cc(-c5cc(-c6ccccc6)cc(-c6ccccc6)c5)ccc3O4)c2)cc1. The van der Waals surface area contributed by atoms with Crippen LogP contribution in [0.15, 0.2) is 218 Å². The highest BCUT2D eigenvalue weighted by molar-refractivity contribution is 5.94. The fourth-order valence-electron chi connectivity index (χ4n) is 7.87. The molecule has 1 aliphatic heterocycles. The van der Waals surface area contributed by atoms with E-state index in [2.05, 4.69) is 218 Å². The first-order chi connectivity index (χ1) is 27.2. The molecule has 258 valence electrons. The Balaban J connectivity index is 1.09. The Morgan fingerprint density at radius 2 is 0.455 bits per heavy atom. The van der Waals surface area contributed by atoms with Gasteiger partial charge in [-0.1, -0.05) is 158 Å². The molecule has 9 aromatic carbocycles. The van der Waals surface area contributed by atoms with Crippen LogP contribution in [0.1, 0.15) is 0 Å². The van der Waals surface area contributed by atoms with Gasteiger partial charge < -0.3 is 4.74 Å². The van der Waals surface area contributed by atoms with E-state index in [0.29, 0.717) is 0 Å². The maximum atomic E-state index is 6.84. The normalized spacial score (nSPS) is 11.4. The van der Waals surface area contributed by atoms with Gasteiger partial charge in [-0.3, -0.25) is 0 Å². The molecule has 0 amide bonds. The molecule has 0 aromatic heterocycles. The summed E-state index contributed by atoms with van der Waals surface area (Å²) in [4.78, 5) is 0. The molecule has 0 bridgehead atoms. The Labute approximate surface area is 322 Å². The van der Waals surface area contributed by atoms with E-state index in [1.807, 2.05) is 0 Å². The molecule has 0 saturated carbocycles. The summed E-state index contributed by atoms with van der Waals surface area (Å²) in [6.45, 7) is 0. The Hall–Kier alpha value is -7.22. The predicted octanol–water partition coefficient (Wildman–Crippen LogP) is 15.1. The van der Waals surface area contributed by atoms with Crippen molar-refractivity contribution in [3.8, 4) is 101 Å². The minimum absolute atomic E-state index is 0.850. The molecular weight excluding hydrogens is 665 g/mol. The summed E-state index contributed by atoms with van der Waals surface area (Å²) in [5.74, 6) is 1.70. The van der Waals surface area contributed by atoms with Crippen LogP contribution in [0, 0.1) is 0 Å². The number of hydrogen-bond acceptors (Lipinski definition) is 1. The first-order valence-electron chi connectivity index (χ1n) is 18.8. The van der Waals surface area contributed by atoms with Crippen LogP contribution in [0.25, 0.3) is 89.0 Å². The minimum Gasteiger partial charge on any atom is -0.456 e. The van der Waals surface area contributed by atoms with Gasteiger partial charge in [-0.2, -0.15) is 0 Å². The first kappa shape index (κ1) is 32.4. The Kier molecular flexibility index (Phi) is 8.24. The molecule has 0 unspecified atom stereocenters. The van der Waals surface area contributed by atoms with Gasteiger partial charge >= 0.3 is 0 Å². The van der Waals surface area contributed by atoms with E-state index < -0.39 is 0 Å². The fourth-order valence-corrected chi connectivity index (χ4v) is 7.87. The highest BCUT2D eigenvalue weighted by Gasteiger charge is 2.22. The van der Waals surface area contributed by atoms with Crippen LogP contribution in [0.2, 0.25) is 0 Å². The summed E-state index contributed by atoms with van der Waals surface area (Å²) in [5.41, 5.74) is 18.6. The zero-order valence-electron chi connectivity index (χ0n) is 30.2. The summed E-state index contributed by atoms with van der Waals surface area (Å²) in [5, 5.41) is 0. The van der Waals surface area contributed by atoms with Gasteiger partial charge in [0.15, 0.2) is 0 Å². The van der Waals surface area contributed by atoms with E-state index in [0.717, 1.165) is 56.0 Å².